The minimum atomic E-state index is -1.16. The van der Waals surface area contributed by atoms with Gasteiger partial charge in [0, 0.05) is 74.3 Å². The molecular formula is C48H62N8O8. The Morgan fingerprint density at radius 3 is 2.53 bits per heavy atom. The van der Waals surface area contributed by atoms with Gasteiger partial charge in [-0.2, -0.15) is 0 Å². The lowest BCUT2D eigenvalue weighted by Crippen LogP contribution is -2.62. The molecule has 64 heavy (non-hydrogen) atoms. The van der Waals surface area contributed by atoms with E-state index in [1.54, 1.807) is 25.4 Å². The summed E-state index contributed by atoms with van der Waals surface area (Å²) in [5, 5.41) is 30.5. The minimum Gasteiger partial charge on any atom is -0.508 e. The van der Waals surface area contributed by atoms with Crippen molar-refractivity contribution in [3.8, 4) is 28.1 Å². The van der Waals surface area contributed by atoms with Crippen LogP contribution in [0.2, 0.25) is 0 Å². The van der Waals surface area contributed by atoms with Crippen molar-refractivity contribution in [2.75, 3.05) is 39.9 Å². The van der Waals surface area contributed by atoms with Gasteiger partial charge in [-0.25, -0.2) is 10.2 Å². The molecule has 342 valence electrons. The molecule has 1 unspecified atom stereocenters. The zero-order chi connectivity index (χ0) is 45.6. The van der Waals surface area contributed by atoms with E-state index in [1.165, 1.54) is 14.8 Å². The summed E-state index contributed by atoms with van der Waals surface area (Å²) in [5.74, 6) is -1.82. The maximum absolute atomic E-state index is 14.7. The zero-order valence-corrected chi connectivity index (χ0v) is 37.9. The number of aromatic hydroxyl groups is 1. The maximum Gasteiger partial charge on any atom is 0.324 e. The Kier molecular flexibility index (Phi) is 12.8. The molecule has 0 spiro atoms. The molecule has 8 rings (SSSR count). The lowest BCUT2D eigenvalue weighted by atomic mass is 9.84. The van der Waals surface area contributed by atoms with Gasteiger partial charge in [0.2, 0.25) is 5.91 Å². The molecule has 16 nitrogen and oxygen atoms in total. The van der Waals surface area contributed by atoms with Crippen LogP contribution >= 0.6 is 0 Å². The van der Waals surface area contributed by atoms with E-state index in [-0.39, 0.29) is 56.5 Å². The van der Waals surface area contributed by atoms with Crippen molar-refractivity contribution < 1.29 is 38.9 Å². The van der Waals surface area contributed by atoms with Crippen LogP contribution in [0.25, 0.3) is 33.3 Å². The number of methoxy groups -OCH3 is 1. The number of rotatable bonds is 10. The third-order valence-electron chi connectivity index (χ3n) is 13.1. The summed E-state index contributed by atoms with van der Waals surface area (Å²) < 4.78 is 14.2. The number of aliphatic hydroxyl groups excluding tert-OH is 1. The fourth-order valence-corrected chi connectivity index (χ4v) is 9.70. The number of carbonyl (C=O) groups is 4. The molecule has 6 atom stereocenters. The Bertz CT molecular complexity index is 2430. The summed E-state index contributed by atoms with van der Waals surface area (Å²) in [5.41, 5.74) is 9.56. The molecule has 3 fully saturated rings. The summed E-state index contributed by atoms with van der Waals surface area (Å²) in [6.07, 6.45) is 1.98. The summed E-state index contributed by atoms with van der Waals surface area (Å²) >= 11 is 0. The summed E-state index contributed by atoms with van der Waals surface area (Å²) in [6.45, 7) is 14.1. The number of aryl methyl sites for hydroxylation is 1. The van der Waals surface area contributed by atoms with E-state index < -0.39 is 53.6 Å². The van der Waals surface area contributed by atoms with Gasteiger partial charge in [0.05, 0.1) is 30.1 Å². The van der Waals surface area contributed by atoms with Crippen LogP contribution in [0, 0.1) is 11.3 Å². The number of pyridine rings is 1. The molecule has 3 saturated heterocycles. The van der Waals surface area contributed by atoms with E-state index in [1.807, 2.05) is 39.0 Å². The average Bonchev–Trinajstić information content (AvgIpc) is 4.01. The van der Waals surface area contributed by atoms with Crippen molar-refractivity contribution in [3.63, 3.8) is 0 Å². The van der Waals surface area contributed by atoms with Crippen LogP contribution in [0.3, 0.4) is 0 Å². The number of phenolic OH excluding ortho intramolecular Hbond substituents is 1. The number of hydrogen-bond acceptors (Lipinski definition) is 11. The SMILES string of the molecule is CCn1c(-c2cccnc2[C@H](C)OC)c2c3cc(ccc31)-c1cc(O)cc(c1)C[C@H](NC(=O)[C@H](C(C)C)N1CCN(C(O)[C@@H]3CN3)C1=O)C(=O)N1CCC[C@H](N1)C(=O)OCC(C)(C)C2. The van der Waals surface area contributed by atoms with E-state index in [9.17, 15) is 29.4 Å². The van der Waals surface area contributed by atoms with Gasteiger partial charge < -0.3 is 39.8 Å². The molecule has 0 saturated carbocycles. The lowest BCUT2D eigenvalue weighted by Gasteiger charge is -2.36. The van der Waals surface area contributed by atoms with E-state index in [0.29, 0.717) is 37.9 Å². The maximum atomic E-state index is 14.7. The molecule has 6 bridgehead atoms. The monoisotopic (exact) mass is 878 g/mol. The van der Waals surface area contributed by atoms with Crippen LogP contribution in [0.15, 0.2) is 54.7 Å². The van der Waals surface area contributed by atoms with Crippen LogP contribution in [0.1, 0.15) is 77.3 Å². The highest BCUT2D eigenvalue weighted by atomic mass is 16.5. The molecule has 4 aliphatic heterocycles. The first-order chi connectivity index (χ1) is 30.6. The summed E-state index contributed by atoms with van der Waals surface area (Å²) in [7, 11) is 1.67. The number of cyclic esters (lactones) is 1. The molecule has 16 heteroatoms. The molecule has 4 aliphatic rings. The lowest BCUT2D eigenvalue weighted by molar-refractivity contribution is -0.155. The number of ether oxygens (including phenoxy) is 2. The van der Waals surface area contributed by atoms with Crippen LogP contribution < -0.4 is 16.1 Å². The fraction of sp³-hybridized carbons (Fsp3) is 0.521. The van der Waals surface area contributed by atoms with E-state index in [0.717, 1.165) is 44.5 Å². The first-order valence-electron chi connectivity index (χ1n) is 22.6. The normalized spacial score (nSPS) is 22.9. The second kappa shape index (κ2) is 18.1. The van der Waals surface area contributed by atoms with Gasteiger partial charge in [-0.05, 0) is 97.7 Å². The fourth-order valence-electron chi connectivity index (χ4n) is 9.70. The van der Waals surface area contributed by atoms with Crippen molar-refractivity contribution in [3.05, 3.63) is 71.5 Å². The van der Waals surface area contributed by atoms with Gasteiger partial charge in [0.25, 0.3) is 5.91 Å². The molecule has 4 amide bonds. The van der Waals surface area contributed by atoms with Crippen molar-refractivity contribution in [1.29, 1.82) is 0 Å². The Hall–Kier alpha value is -5.55. The Balaban J connectivity index is 1.22. The number of fused-ring (bicyclic) bond motifs is 6. The van der Waals surface area contributed by atoms with E-state index >= 15 is 0 Å². The molecule has 0 radical (unpaired) electrons. The van der Waals surface area contributed by atoms with E-state index in [4.69, 9.17) is 14.5 Å². The summed E-state index contributed by atoms with van der Waals surface area (Å²) in [4.78, 5) is 64.4. The van der Waals surface area contributed by atoms with Gasteiger partial charge in [-0.1, -0.05) is 39.8 Å². The van der Waals surface area contributed by atoms with Gasteiger partial charge in [-0.15, -0.1) is 0 Å². The number of hydrogen-bond donors (Lipinski definition) is 5. The first kappa shape index (κ1) is 45.0. The number of aliphatic hydroxyl groups is 1. The third kappa shape index (κ3) is 8.93. The third-order valence-corrected chi connectivity index (χ3v) is 13.1. The van der Waals surface area contributed by atoms with Crippen LogP contribution in [-0.4, -0.2) is 129 Å². The number of carbonyl (C=O) groups excluding carboxylic acids is 4. The van der Waals surface area contributed by atoms with Crippen LogP contribution in [0.5, 0.6) is 5.75 Å². The predicted molar refractivity (Wildman–Crippen MR) is 241 cm³/mol. The van der Waals surface area contributed by atoms with Crippen LogP contribution in [-0.2, 0) is 43.2 Å². The molecule has 0 aliphatic carbocycles. The average molecular weight is 879 g/mol. The predicted octanol–water partition coefficient (Wildman–Crippen LogP) is 4.50. The smallest absolute Gasteiger partial charge is 0.324 e. The Morgan fingerprint density at radius 1 is 1.05 bits per heavy atom. The van der Waals surface area contributed by atoms with Gasteiger partial charge >= 0.3 is 12.0 Å². The second-order valence-electron chi connectivity index (χ2n) is 18.8. The standard InChI is InChI=1S/C48H62N8O8/c1-8-53-39-14-13-30-23-34(39)35(42(53)33-11-9-15-49-40(33)28(4)63-7)24-48(5,6)26-64-46(61)36-12-10-16-56(52-36)45(60)37(21-29-19-31(30)22-32(57)20-29)51-43(58)41(27(2)3)54-17-18-55(47(54)62)44(59)38-25-50-38/h9,11,13-15,19-20,22-23,27-28,36-38,41,44,50,52,57,59H,8,10,12,16-18,21,24-26H2,1-7H3,(H,51,58)/t28-,36-,37-,38-,41-,44?/m0/s1. The Labute approximate surface area is 374 Å². The van der Waals surface area contributed by atoms with Crippen molar-refractivity contribution >= 4 is 34.7 Å². The Morgan fingerprint density at radius 2 is 1.81 bits per heavy atom. The van der Waals surface area contributed by atoms with Gasteiger partial charge in [-0.3, -0.25) is 29.3 Å². The molecule has 6 heterocycles. The highest BCUT2D eigenvalue weighted by Crippen LogP contribution is 2.42. The molecule has 2 aromatic carbocycles. The number of phenols is 1. The quantitative estimate of drug-likeness (QED) is 0.111. The topological polar surface area (TPSA) is 201 Å². The van der Waals surface area contributed by atoms with Crippen molar-refractivity contribution in [1.82, 2.24) is 40.4 Å². The number of nitrogens with one attached hydrogen (secondary N) is 3. The number of aromatic nitrogens is 2. The van der Waals surface area contributed by atoms with Crippen molar-refractivity contribution in [2.24, 2.45) is 11.3 Å². The molecule has 5 N–H and O–H groups in total. The number of amides is 4. The van der Waals surface area contributed by atoms with Crippen LogP contribution in [0.4, 0.5) is 4.79 Å². The first-order valence-corrected chi connectivity index (χ1v) is 22.6. The summed E-state index contributed by atoms with van der Waals surface area (Å²) in [6, 6.07) is 11.9. The number of benzene rings is 2. The van der Waals surface area contributed by atoms with Crippen molar-refractivity contribution in [2.45, 2.75) is 110 Å². The minimum absolute atomic E-state index is 0.00424. The second-order valence-corrected chi connectivity index (χ2v) is 18.8. The molecule has 4 aromatic rings. The van der Waals surface area contributed by atoms with Gasteiger partial charge in [0.15, 0.2) is 0 Å². The molecule has 2 aromatic heterocycles. The van der Waals surface area contributed by atoms with E-state index in [2.05, 4.69) is 59.6 Å². The highest BCUT2D eigenvalue weighted by Gasteiger charge is 2.46. The molecular weight excluding hydrogens is 817 g/mol. The number of nitrogens with zero attached hydrogens (tertiary/aromatic N) is 5. The zero-order valence-electron chi connectivity index (χ0n) is 37.9. The number of hydrazine groups is 1. The number of esters is 1. The highest BCUT2D eigenvalue weighted by molar-refractivity contribution is 5.96. The van der Waals surface area contributed by atoms with Gasteiger partial charge in [0.1, 0.15) is 30.1 Å². The number of urea groups is 1. The largest absolute Gasteiger partial charge is 0.508 e.